The van der Waals surface area contributed by atoms with E-state index in [0.717, 1.165) is 0 Å². The molecular formula is C12H20N2O4S. The van der Waals surface area contributed by atoms with Crippen molar-refractivity contribution in [3.8, 4) is 0 Å². The zero-order valence-corrected chi connectivity index (χ0v) is 12.2. The highest BCUT2D eigenvalue weighted by Crippen LogP contribution is 2.22. The van der Waals surface area contributed by atoms with E-state index in [-0.39, 0.29) is 23.7 Å². The van der Waals surface area contributed by atoms with Crippen molar-refractivity contribution < 1.29 is 18.3 Å². The van der Waals surface area contributed by atoms with E-state index in [9.17, 15) is 8.42 Å². The van der Waals surface area contributed by atoms with E-state index in [1.165, 1.54) is 16.6 Å². The number of aliphatic hydroxyl groups excluding tert-OH is 1. The van der Waals surface area contributed by atoms with Crippen LogP contribution in [0.25, 0.3) is 0 Å². The Morgan fingerprint density at radius 2 is 1.95 bits per heavy atom. The molecule has 6 nitrogen and oxygen atoms in total. The van der Waals surface area contributed by atoms with Gasteiger partial charge in [0.05, 0.1) is 18.8 Å². The number of rotatable bonds is 3. The molecule has 1 aliphatic heterocycles. The Bertz CT molecular complexity index is 542. The van der Waals surface area contributed by atoms with E-state index in [4.69, 9.17) is 9.84 Å². The van der Waals surface area contributed by atoms with Gasteiger partial charge in [-0.25, -0.2) is 8.42 Å². The highest BCUT2D eigenvalue weighted by Gasteiger charge is 2.32. The van der Waals surface area contributed by atoms with Crippen LogP contribution in [0.5, 0.6) is 0 Å². The number of hydrogen-bond donors (Lipinski definition) is 1. The number of aromatic nitrogens is 1. The van der Waals surface area contributed by atoms with Gasteiger partial charge in [0.25, 0.3) is 0 Å². The number of aliphatic hydroxyl groups is 1. The van der Waals surface area contributed by atoms with Crippen molar-refractivity contribution in [2.24, 2.45) is 7.05 Å². The molecule has 2 rings (SSSR count). The summed E-state index contributed by atoms with van der Waals surface area (Å²) in [6, 6.07) is 1.51. The first-order valence-electron chi connectivity index (χ1n) is 6.26. The molecule has 2 atom stereocenters. The molecule has 2 heterocycles. The van der Waals surface area contributed by atoms with Crippen LogP contribution < -0.4 is 0 Å². The van der Waals surface area contributed by atoms with Crippen molar-refractivity contribution in [1.82, 2.24) is 8.87 Å². The minimum absolute atomic E-state index is 0.112. The molecule has 1 aliphatic rings. The third kappa shape index (κ3) is 2.84. The average Bonchev–Trinajstić information content (AvgIpc) is 2.70. The van der Waals surface area contributed by atoms with Gasteiger partial charge in [-0.15, -0.1) is 0 Å². The number of hydrogen-bond acceptors (Lipinski definition) is 4. The van der Waals surface area contributed by atoms with Crippen LogP contribution in [0.4, 0.5) is 0 Å². The molecule has 0 aromatic carbocycles. The third-order valence-electron chi connectivity index (χ3n) is 3.27. The van der Waals surface area contributed by atoms with Gasteiger partial charge in [0, 0.05) is 32.0 Å². The number of aryl methyl sites for hydroxylation is 1. The summed E-state index contributed by atoms with van der Waals surface area (Å²) in [5.74, 6) is 0. The van der Waals surface area contributed by atoms with Crippen molar-refractivity contribution >= 4 is 10.0 Å². The second-order valence-corrected chi connectivity index (χ2v) is 6.95. The maximum Gasteiger partial charge on any atom is 0.244 e. The second-order valence-electron chi connectivity index (χ2n) is 5.02. The third-order valence-corrected chi connectivity index (χ3v) is 5.07. The molecule has 0 saturated carbocycles. The molecule has 1 N–H and O–H groups in total. The molecule has 0 spiro atoms. The van der Waals surface area contributed by atoms with Crippen molar-refractivity contribution in [3.63, 3.8) is 0 Å². The molecule has 0 aliphatic carbocycles. The Hall–Kier alpha value is -0.890. The second kappa shape index (κ2) is 5.24. The fraction of sp³-hybridized carbons (Fsp3) is 0.667. The lowest BCUT2D eigenvalue weighted by Gasteiger charge is -2.34. The first-order chi connectivity index (χ1) is 8.84. The highest BCUT2D eigenvalue weighted by molar-refractivity contribution is 7.89. The maximum atomic E-state index is 12.5. The lowest BCUT2D eigenvalue weighted by atomic mass is 10.3. The van der Waals surface area contributed by atoms with Crippen LogP contribution in [0, 0.1) is 0 Å². The summed E-state index contributed by atoms with van der Waals surface area (Å²) >= 11 is 0. The molecule has 108 valence electrons. The van der Waals surface area contributed by atoms with Crippen LogP contribution in [-0.2, 0) is 28.4 Å². The normalized spacial score (nSPS) is 25.7. The van der Waals surface area contributed by atoms with Crippen LogP contribution in [0.1, 0.15) is 19.5 Å². The fourth-order valence-electron chi connectivity index (χ4n) is 2.35. The van der Waals surface area contributed by atoms with E-state index in [1.807, 2.05) is 13.8 Å². The predicted octanol–water partition coefficient (Wildman–Crippen LogP) is 0.315. The Labute approximate surface area is 113 Å². The minimum atomic E-state index is -3.52. The highest BCUT2D eigenvalue weighted by atomic mass is 32.2. The zero-order chi connectivity index (χ0) is 14.2. The van der Waals surface area contributed by atoms with E-state index in [1.54, 1.807) is 11.6 Å². The quantitative estimate of drug-likeness (QED) is 0.869. The van der Waals surface area contributed by atoms with Crippen LogP contribution in [-0.4, -0.2) is 47.7 Å². The van der Waals surface area contributed by atoms with Crippen LogP contribution in [0.15, 0.2) is 17.2 Å². The van der Waals surface area contributed by atoms with Gasteiger partial charge in [0.15, 0.2) is 0 Å². The zero-order valence-electron chi connectivity index (χ0n) is 11.4. The van der Waals surface area contributed by atoms with Crippen molar-refractivity contribution in [2.45, 2.75) is 37.6 Å². The summed E-state index contributed by atoms with van der Waals surface area (Å²) in [4.78, 5) is 0.223. The predicted molar refractivity (Wildman–Crippen MR) is 70.1 cm³/mol. The van der Waals surface area contributed by atoms with Gasteiger partial charge in [-0.05, 0) is 19.9 Å². The minimum Gasteiger partial charge on any atom is -0.390 e. The lowest BCUT2D eigenvalue weighted by Crippen LogP contribution is -2.48. The summed E-state index contributed by atoms with van der Waals surface area (Å²) in [6.07, 6.45) is 1.31. The molecule has 2 unspecified atom stereocenters. The Morgan fingerprint density at radius 3 is 2.42 bits per heavy atom. The van der Waals surface area contributed by atoms with E-state index in [2.05, 4.69) is 0 Å². The summed E-state index contributed by atoms with van der Waals surface area (Å²) in [5, 5.41) is 9.14. The van der Waals surface area contributed by atoms with Gasteiger partial charge in [0.2, 0.25) is 10.0 Å². The van der Waals surface area contributed by atoms with Crippen LogP contribution in [0.3, 0.4) is 0 Å². The molecule has 0 radical (unpaired) electrons. The number of morpholine rings is 1. The summed E-state index contributed by atoms with van der Waals surface area (Å²) in [6.45, 7) is 4.26. The Morgan fingerprint density at radius 1 is 1.37 bits per heavy atom. The largest absolute Gasteiger partial charge is 0.390 e. The fourth-order valence-corrected chi connectivity index (χ4v) is 4.04. The first kappa shape index (κ1) is 14.5. The van der Waals surface area contributed by atoms with Gasteiger partial charge >= 0.3 is 0 Å². The summed E-state index contributed by atoms with van der Waals surface area (Å²) < 4.78 is 33.7. The molecule has 0 bridgehead atoms. The van der Waals surface area contributed by atoms with Gasteiger partial charge in [-0.3, -0.25) is 0 Å². The van der Waals surface area contributed by atoms with E-state index < -0.39 is 10.0 Å². The van der Waals surface area contributed by atoms with E-state index in [0.29, 0.717) is 18.8 Å². The maximum absolute atomic E-state index is 12.5. The standard InChI is InChI=1S/C12H20N2O4S/c1-9-5-14(6-10(2)18-9)19(16,17)12-4-11(8-15)13(3)7-12/h4,7,9-10,15H,5-6,8H2,1-3H3. The van der Waals surface area contributed by atoms with Crippen molar-refractivity contribution in [1.29, 1.82) is 0 Å². The van der Waals surface area contributed by atoms with E-state index >= 15 is 0 Å². The lowest BCUT2D eigenvalue weighted by molar-refractivity contribution is -0.0440. The molecule has 1 fully saturated rings. The molecule has 19 heavy (non-hydrogen) atoms. The molecular weight excluding hydrogens is 268 g/mol. The SMILES string of the molecule is CC1CN(S(=O)(=O)c2cc(CO)n(C)c2)CC(C)O1. The average molecular weight is 288 g/mol. The molecule has 1 aromatic rings. The Kier molecular flexibility index (Phi) is 4.00. The molecule has 7 heteroatoms. The number of nitrogens with zero attached hydrogens (tertiary/aromatic N) is 2. The first-order valence-corrected chi connectivity index (χ1v) is 7.70. The van der Waals surface area contributed by atoms with Gasteiger partial charge < -0.3 is 14.4 Å². The molecule has 0 amide bonds. The van der Waals surface area contributed by atoms with Crippen LogP contribution >= 0.6 is 0 Å². The monoisotopic (exact) mass is 288 g/mol. The van der Waals surface area contributed by atoms with Gasteiger partial charge in [0.1, 0.15) is 4.90 Å². The smallest absolute Gasteiger partial charge is 0.244 e. The summed E-state index contributed by atoms with van der Waals surface area (Å²) in [7, 11) is -1.80. The number of ether oxygens (including phenoxy) is 1. The number of sulfonamides is 1. The van der Waals surface area contributed by atoms with Crippen LogP contribution in [0.2, 0.25) is 0 Å². The van der Waals surface area contributed by atoms with Crippen molar-refractivity contribution in [2.75, 3.05) is 13.1 Å². The summed E-state index contributed by atoms with van der Waals surface area (Å²) in [5.41, 5.74) is 0.577. The Balaban J connectivity index is 2.30. The van der Waals surface area contributed by atoms with Gasteiger partial charge in [-0.1, -0.05) is 0 Å². The van der Waals surface area contributed by atoms with Crippen molar-refractivity contribution in [3.05, 3.63) is 18.0 Å². The topological polar surface area (TPSA) is 71.8 Å². The molecule has 1 saturated heterocycles. The molecule has 1 aromatic heterocycles. The van der Waals surface area contributed by atoms with Gasteiger partial charge in [-0.2, -0.15) is 4.31 Å².